The average Bonchev–Trinajstić information content (AvgIpc) is 2.88. The molecule has 1 atom stereocenters. The molecule has 0 aromatic heterocycles. The summed E-state index contributed by atoms with van der Waals surface area (Å²) in [5.41, 5.74) is 1.33. The normalized spacial score (nSPS) is 18.4. The van der Waals surface area contributed by atoms with Crippen LogP contribution >= 0.6 is 0 Å². The molecule has 0 bridgehead atoms. The summed E-state index contributed by atoms with van der Waals surface area (Å²) in [7, 11) is 1.66. The zero-order valence-electron chi connectivity index (χ0n) is 11.2. The fraction of sp³-hybridized carbons (Fsp3) is 0.429. The summed E-state index contributed by atoms with van der Waals surface area (Å²) < 4.78 is 5.22. The number of benzene rings is 1. The van der Waals surface area contributed by atoms with E-state index in [-0.39, 0.29) is 17.9 Å². The van der Waals surface area contributed by atoms with Crippen LogP contribution in [-0.4, -0.2) is 43.0 Å². The number of carbonyl (C=O) groups is 2. The second-order valence-electron chi connectivity index (χ2n) is 4.66. The van der Waals surface area contributed by atoms with Crippen LogP contribution in [-0.2, 0) is 4.74 Å². The molecular formula is C14H18N2O3. The molecule has 1 aliphatic heterocycles. The first kappa shape index (κ1) is 13.5. The Morgan fingerprint density at radius 2 is 2.00 bits per heavy atom. The van der Waals surface area contributed by atoms with Gasteiger partial charge in [0.2, 0.25) is 0 Å². The van der Waals surface area contributed by atoms with Crippen LogP contribution in [0.25, 0.3) is 0 Å². The van der Waals surface area contributed by atoms with Gasteiger partial charge in [0.25, 0.3) is 0 Å². The summed E-state index contributed by atoms with van der Waals surface area (Å²) in [6, 6.07) is 6.76. The topological polar surface area (TPSA) is 58.6 Å². The number of urea groups is 1. The number of amides is 2. The number of Topliss-reactive ketones (excluding diaryl/α,β-unsaturated/α-hetero) is 1. The highest BCUT2D eigenvalue weighted by Gasteiger charge is 2.25. The molecule has 0 radical (unpaired) electrons. The van der Waals surface area contributed by atoms with Gasteiger partial charge in [-0.3, -0.25) is 4.79 Å². The fourth-order valence-electron chi connectivity index (χ4n) is 2.10. The van der Waals surface area contributed by atoms with Crippen LogP contribution in [0, 0.1) is 0 Å². The molecule has 1 aromatic rings. The Balaban J connectivity index is 1.94. The second-order valence-corrected chi connectivity index (χ2v) is 4.66. The Morgan fingerprint density at radius 1 is 1.32 bits per heavy atom. The Hall–Kier alpha value is -1.88. The molecule has 1 aliphatic rings. The molecule has 0 spiro atoms. The van der Waals surface area contributed by atoms with Gasteiger partial charge in [0, 0.05) is 31.5 Å². The van der Waals surface area contributed by atoms with Crippen LogP contribution in [0.2, 0.25) is 0 Å². The Kier molecular flexibility index (Phi) is 4.16. The quantitative estimate of drug-likeness (QED) is 0.849. The van der Waals surface area contributed by atoms with Crippen molar-refractivity contribution in [2.75, 3.05) is 25.5 Å². The SMILES string of the molecule is COC1CCN(C(=O)Nc2ccc(C(C)=O)cc2)C1. The third-order valence-corrected chi connectivity index (χ3v) is 3.31. The highest BCUT2D eigenvalue weighted by Crippen LogP contribution is 2.15. The van der Waals surface area contributed by atoms with Gasteiger partial charge in [-0.1, -0.05) is 0 Å². The molecule has 2 rings (SSSR count). The van der Waals surface area contributed by atoms with Gasteiger partial charge in [-0.25, -0.2) is 4.79 Å². The van der Waals surface area contributed by atoms with E-state index in [0.717, 1.165) is 6.42 Å². The molecule has 1 unspecified atom stereocenters. The summed E-state index contributed by atoms with van der Waals surface area (Å²) in [6.45, 7) is 2.84. The molecule has 1 N–H and O–H groups in total. The van der Waals surface area contributed by atoms with E-state index in [0.29, 0.717) is 24.3 Å². The first-order valence-corrected chi connectivity index (χ1v) is 6.30. The highest BCUT2D eigenvalue weighted by molar-refractivity contribution is 5.95. The number of nitrogens with one attached hydrogen (secondary N) is 1. The Bertz CT molecular complexity index is 470. The zero-order chi connectivity index (χ0) is 13.8. The Morgan fingerprint density at radius 3 is 2.53 bits per heavy atom. The summed E-state index contributed by atoms with van der Waals surface area (Å²) >= 11 is 0. The van der Waals surface area contributed by atoms with Crippen LogP contribution in [0.5, 0.6) is 0 Å². The van der Waals surface area contributed by atoms with Crippen molar-refractivity contribution in [1.82, 2.24) is 4.90 Å². The first-order valence-electron chi connectivity index (χ1n) is 6.30. The minimum atomic E-state index is -0.130. The number of methoxy groups -OCH3 is 1. The van der Waals surface area contributed by atoms with E-state index in [4.69, 9.17) is 4.74 Å². The number of rotatable bonds is 3. The van der Waals surface area contributed by atoms with Gasteiger partial charge in [0.05, 0.1) is 6.10 Å². The predicted octanol–water partition coefficient (Wildman–Crippen LogP) is 2.14. The molecule has 0 aliphatic carbocycles. The molecule has 5 heteroatoms. The van der Waals surface area contributed by atoms with Crippen molar-refractivity contribution >= 4 is 17.5 Å². The van der Waals surface area contributed by atoms with Crippen molar-refractivity contribution in [1.29, 1.82) is 0 Å². The molecule has 5 nitrogen and oxygen atoms in total. The molecule has 102 valence electrons. The monoisotopic (exact) mass is 262 g/mol. The van der Waals surface area contributed by atoms with Gasteiger partial charge in [0.1, 0.15) is 0 Å². The van der Waals surface area contributed by atoms with Gasteiger partial charge in [-0.15, -0.1) is 0 Å². The van der Waals surface area contributed by atoms with Crippen molar-refractivity contribution in [3.63, 3.8) is 0 Å². The fourth-order valence-corrected chi connectivity index (χ4v) is 2.10. The lowest BCUT2D eigenvalue weighted by Crippen LogP contribution is -2.33. The zero-order valence-corrected chi connectivity index (χ0v) is 11.2. The lowest BCUT2D eigenvalue weighted by molar-refractivity contribution is 0.101. The molecule has 1 aromatic carbocycles. The van der Waals surface area contributed by atoms with Gasteiger partial charge in [-0.2, -0.15) is 0 Å². The Labute approximate surface area is 112 Å². The van der Waals surface area contributed by atoms with E-state index < -0.39 is 0 Å². The number of likely N-dealkylation sites (tertiary alicyclic amines) is 1. The van der Waals surface area contributed by atoms with E-state index in [1.54, 1.807) is 36.3 Å². The molecule has 1 heterocycles. The van der Waals surface area contributed by atoms with Crippen LogP contribution in [0.15, 0.2) is 24.3 Å². The first-order chi connectivity index (χ1) is 9.10. The van der Waals surface area contributed by atoms with Gasteiger partial charge >= 0.3 is 6.03 Å². The lowest BCUT2D eigenvalue weighted by atomic mass is 10.1. The third-order valence-electron chi connectivity index (χ3n) is 3.31. The number of nitrogens with zero attached hydrogens (tertiary/aromatic N) is 1. The number of anilines is 1. The van der Waals surface area contributed by atoms with Crippen LogP contribution in [0.1, 0.15) is 23.7 Å². The van der Waals surface area contributed by atoms with Gasteiger partial charge in [0.15, 0.2) is 5.78 Å². The van der Waals surface area contributed by atoms with E-state index in [2.05, 4.69) is 5.32 Å². The molecule has 19 heavy (non-hydrogen) atoms. The van der Waals surface area contributed by atoms with Crippen molar-refractivity contribution in [3.05, 3.63) is 29.8 Å². The van der Waals surface area contributed by atoms with Crippen LogP contribution in [0.3, 0.4) is 0 Å². The number of hydrogen-bond acceptors (Lipinski definition) is 3. The van der Waals surface area contributed by atoms with E-state index >= 15 is 0 Å². The molecule has 2 amide bonds. The van der Waals surface area contributed by atoms with Crippen LogP contribution in [0.4, 0.5) is 10.5 Å². The summed E-state index contributed by atoms with van der Waals surface area (Å²) in [6.07, 6.45) is 0.999. The van der Waals surface area contributed by atoms with E-state index in [1.165, 1.54) is 6.92 Å². The molecule has 0 saturated carbocycles. The smallest absolute Gasteiger partial charge is 0.321 e. The summed E-state index contributed by atoms with van der Waals surface area (Å²) in [4.78, 5) is 24.9. The maximum absolute atomic E-state index is 12.0. The number of hydrogen-bond donors (Lipinski definition) is 1. The number of carbonyl (C=O) groups excluding carboxylic acids is 2. The minimum absolute atomic E-state index is 0.0142. The van der Waals surface area contributed by atoms with Crippen molar-refractivity contribution in [2.24, 2.45) is 0 Å². The highest BCUT2D eigenvalue weighted by atomic mass is 16.5. The maximum atomic E-state index is 12.0. The second kappa shape index (κ2) is 5.84. The van der Waals surface area contributed by atoms with Gasteiger partial charge in [-0.05, 0) is 37.6 Å². The average molecular weight is 262 g/mol. The lowest BCUT2D eigenvalue weighted by Gasteiger charge is -2.17. The summed E-state index contributed by atoms with van der Waals surface area (Å²) in [5.74, 6) is 0.0142. The van der Waals surface area contributed by atoms with E-state index in [1.807, 2.05) is 0 Å². The van der Waals surface area contributed by atoms with Gasteiger partial charge < -0.3 is 15.0 Å². The van der Waals surface area contributed by atoms with E-state index in [9.17, 15) is 9.59 Å². The molecule has 1 saturated heterocycles. The van der Waals surface area contributed by atoms with Crippen molar-refractivity contribution in [2.45, 2.75) is 19.4 Å². The largest absolute Gasteiger partial charge is 0.380 e. The number of ether oxygens (including phenoxy) is 1. The predicted molar refractivity (Wildman–Crippen MR) is 72.5 cm³/mol. The van der Waals surface area contributed by atoms with Crippen LogP contribution < -0.4 is 5.32 Å². The minimum Gasteiger partial charge on any atom is -0.380 e. The molecular weight excluding hydrogens is 244 g/mol. The number of ketones is 1. The summed E-state index contributed by atoms with van der Waals surface area (Å²) in [5, 5.41) is 2.81. The third kappa shape index (κ3) is 3.32. The standard InChI is InChI=1S/C14H18N2O3/c1-10(17)11-3-5-12(6-4-11)15-14(18)16-8-7-13(9-16)19-2/h3-6,13H,7-9H2,1-2H3,(H,15,18). The van der Waals surface area contributed by atoms with Crippen molar-refractivity contribution < 1.29 is 14.3 Å². The maximum Gasteiger partial charge on any atom is 0.321 e. The van der Waals surface area contributed by atoms with Crippen molar-refractivity contribution in [3.8, 4) is 0 Å². The molecule has 1 fully saturated rings.